The van der Waals surface area contributed by atoms with Gasteiger partial charge in [-0.05, 0) is 51.8 Å². The maximum Gasteiger partial charge on any atom is 0.407 e. The number of para-hydroxylation sites is 1. The Morgan fingerprint density at radius 3 is 2.18 bits per heavy atom. The molecule has 1 aliphatic carbocycles. The normalized spacial score (nSPS) is 18.7. The highest BCUT2D eigenvalue weighted by atomic mass is 16.5. The van der Waals surface area contributed by atoms with Crippen molar-refractivity contribution >= 4 is 29.6 Å². The van der Waals surface area contributed by atoms with E-state index in [4.69, 9.17) is 4.74 Å². The fourth-order valence-corrected chi connectivity index (χ4v) is 6.93. The van der Waals surface area contributed by atoms with Crippen LogP contribution in [0.4, 0.5) is 10.5 Å². The minimum Gasteiger partial charge on any atom is -0.479 e. The molecule has 0 spiro atoms. The number of benzene rings is 4. The van der Waals surface area contributed by atoms with Crippen LogP contribution in [0.2, 0.25) is 0 Å². The van der Waals surface area contributed by atoms with Gasteiger partial charge in [-0.1, -0.05) is 97.1 Å². The first-order valence-corrected chi connectivity index (χ1v) is 15.0. The number of carboxylic acid groups (broad SMARTS) is 1. The molecule has 0 saturated carbocycles. The van der Waals surface area contributed by atoms with E-state index in [-0.39, 0.29) is 18.9 Å². The number of carbonyl (C=O) groups excluding carboxylic acids is 3. The van der Waals surface area contributed by atoms with E-state index in [9.17, 15) is 24.3 Å². The molecule has 0 saturated heterocycles. The van der Waals surface area contributed by atoms with Gasteiger partial charge in [0.15, 0.2) is 6.04 Å². The molecule has 3 amide bonds. The predicted octanol–water partition coefficient (Wildman–Crippen LogP) is 4.74. The molecule has 3 unspecified atom stereocenters. The number of hydrogen-bond donors (Lipinski definition) is 3. The van der Waals surface area contributed by atoms with Crippen LogP contribution in [0.25, 0.3) is 11.1 Å². The summed E-state index contributed by atoms with van der Waals surface area (Å²) in [7, 11) is 0. The lowest BCUT2D eigenvalue weighted by Crippen LogP contribution is -2.55. The number of hydrogen-bond acceptors (Lipinski definition) is 5. The van der Waals surface area contributed by atoms with E-state index in [1.54, 1.807) is 30.3 Å². The number of anilines is 1. The van der Waals surface area contributed by atoms with Crippen LogP contribution in [0.5, 0.6) is 0 Å². The third kappa shape index (κ3) is 5.10. The highest BCUT2D eigenvalue weighted by molar-refractivity contribution is 6.08. The molecule has 4 aromatic rings. The van der Waals surface area contributed by atoms with E-state index < -0.39 is 42.0 Å². The van der Waals surface area contributed by atoms with Crippen molar-refractivity contribution in [1.29, 1.82) is 0 Å². The molecule has 0 bridgehead atoms. The standard InChI is InChI=1S/C36H31N3O6/c40-33(38-31(35(42)43)21-9-2-1-3-10-21)30-19-23-12-8-11-22-17-18-29(34(41)39(30)32(22)23)37-36(44)45-20-28-26-15-6-4-13-24(26)25-14-5-7-16-27(25)28/h1-16,28-31H,17-20H2,(H,37,44)(H,38,40)(H,42,43). The quantitative estimate of drug-likeness (QED) is 0.281. The summed E-state index contributed by atoms with van der Waals surface area (Å²) < 4.78 is 5.73. The third-order valence-corrected chi connectivity index (χ3v) is 9.01. The molecule has 226 valence electrons. The number of carbonyl (C=O) groups is 4. The summed E-state index contributed by atoms with van der Waals surface area (Å²) in [6.45, 7) is 0.107. The Kier molecular flexibility index (Phi) is 7.29. The van der Waals surface area contributed by atoms with Gasteiger partial charge < -0.3 is 20.5 Å². The number of nitrogens with zero attached hydrogens (tertiary/aromatic N) is 1. The second-order valence-corrected chi connectivity index (χ2v) is 11.6. The number of nitrogens with one attached hydrogen (secondary N) is 2. The molecule has 0 aromatic heterocycles. The number of carboxylic acids is 1. The van der Waals surface area contributed by atoms with E-state index >= 15 is 0 Å². The SMILES string of the molecule is O=C(NC1CCc2cccc3c2N(C1=O)C(C(=O)NC(C(=O)O)c1ccccc1)C3)OCC1c2ccccc2-c2ccccc21. The highest BCUT2D eigenvalue weighted by Crippen LogP contribution is 2.44. The molecule has 3 N–H and O–H groups in total. The zero-order valence-corrected chi connectivity index (χ0v) is 24.3. The van der Waals surface area contributed by atoms with Gasteiger partial charge in [-0.15, -0.1) is 0 Å². The van der Waals surface area contributed by atoms with E-state index in [1.165, 1.54) is 4.90 Å². The first-order valence-electron chi connectivity index (χ1n) is 15.0. The maximum atomic E-state index is 14.1. The summed E-state index contributed by atoms with van der Waals surface area (Å²) in [5, 5.41) is 15.3. The molecule has 9 heteroatoms. The van der Waals surface area contributed by atoms with Crippen molar-refractivity contribution in [3.05, 3.63) is 125 Å². The Hall–Kier alpha value is -5.44. The minimum absolute atomic E-state index is 0.107. The molecule has 2 aliphatic heterocycles. The zero-order valence-electron chi connectivity index (χ0n) is 24.3. The summed E-state index contributed by atoms with van der Waals surface area (Å²) >= 11 is 0. The largest absolute Gasteiger partial charge is 0.479 e. The molecule has 3 atom stereocenters. The van der Waals surface area contributed by atoms with Crippen LogP contribution in [-0.2, 0) is 32.0 Å². The van der Waals surface area contributed by atoms with Gasteiger partial charge >= 0.3 is 12.1 Å². The average Bonchev–Trinajstić information content (AvgIpc) is 3.57. The van der Waals surface area contributed by atoms with Crippen molar-refractivity contribution in [2.45, 2.75) is 43.3 Å². The smallest absolute Gasteiger partial charge is 0.407 e. The van der Waals surface area contributed by atoms with E-state index in [2.05, 4.69) is 22.8 Å². The predicted molar refractivity (Wildman–Crippen MR) is 167 cm³/mol. The number of ether oxygens (including phenoxy) is 1. The van der Waals surface area contributed by atoms with Gasteiger partial charge in [-0.2, -0.15) is 0 Å². The molecule has 7 rings (SSSR count). The summed E-state index contributed by atoms with van der Waals surface area (Å²) in [5.74, 6) is -2.34. The van der Waals surface area contributed by atoms with Gasteiger partial charge in [-0.25, -0.2) is 9.59 Å². The van der Waals surface area contributed by atoms with Crippen LogP contribution in [0.15, 0.2) is 97.1 Å². The number of aliphatic carboxylic acids is 1. The lowest BCUT2D eigenvalue weighted by Gasteiger charge is -2.28. The Bertz CT molecular complexity index is 1780. The summed E-state index contributed by atoms with van der Waals surface area (Å²) in [6.07, 6.45) is 0.359. The highest BCUT2D eigenvalue weighted by Gasteiger charge is 2.45. The summed E-state index contributed by atoms with van der Waals surface area (Å²) in [5.41, 5.74) is 7.20. The molecule has 2 heterocycles. The minimum atomic E-state index is -1.28. The summed E-state index contributed by atoms with van der Waals surface area (Å²) in [6, 6.07) is 27.0. The Morgan fingerprint density at radius 1 is 0.844 bits per heavy atom. The molecular formula is C36H31N3O6. The van der Waals surface area contributed by atoms with Crippen LogP contribution in [0.3, 0.4) is 0 Å². The van der Waals surface area contributed by atoms with Gasteiger partial charge in [0.1, 0.15) is 18.7 Å². The number of amides is 3. The Morgan fingerprint density at radius 2 is 1.49 bits per heavy atom. The Balaban J connectivity index is 1.09. The van der Waals surface area contributed by atoms with Crippen molar-refractivity contribution in [3.8, 4) is 11.1 Å². The van der Waals surface area contributed by atoms with Gasteiger partial charge in [0.05, 0.1) is 5.69 Å². The third-order valence-electron chi connectivity index (χ3n) is 9.01. The second kappa shape index (κ2) is 11.6. The van der Waals surface area contributed by atoms with Crippen molar-refractivity contribution in [1.82, 2.24) is 10.6 Å². The maximum absolute atomic E-state index is 14.1. The number of alkyl carbamates (subject to hydrolysis) is 1. The topological polar surface area (TPSA) is 125 Å². The van der Waals surface area contributed by atoms with Crippen LogP contribution < -0.4 is 15.5 Å². The van der Waals surface area contributed by atoms with Crippen molar-refractivity contribution in [3.63, 3.8) is 0 Å². The monoisotopic (exact) mass is 601 g/mol. The van der Waals surface area contributed by atoms with Crippen molar-refractivity contribution in [2.75, 3.05) is 11.5 Å². The van der Waals surface area contributed by atoms with Crippen molar-refractivity contribution in [2.24, 2.45) is 0 Å². The number of fused-ring (bicyclic) bond motifs is 3. The lowest BCUT2D eigenvalue weighted by atomic mass is 9.98. The van der Waals surface area contributed by atoms with Gasteiger partial charge in [0, 0.05) is 12.3 Å². The molecule has 45 heavy (non-hydrogen) atoms. The van der Waals surface area contributed by atoms with Crippen LogP contribution >= 0.6 is 0 Å². The molecule has 4 aromatic carbocycles. The van der Waals surface area contributed by atoms with Crippen LogP contribution in [-0.4, -0.2) is 47.7 Å². The first kappa shape index (κ1) is 28.3. The fraction of sp³-hybridized carbons (Fsp3) is 0.222. The molecular weight excluding hydrogens is 570 g/mol. The van der Waals surface area contributed by atoms with Crippen LogP contribution in [0, 0.1) is 0 Å². The van der Waals surface area contributed by atoms with Gasteiger partial charge in [0.25, 0.3) is 0 Å². The summed E-state index contributed by atoms with van der Waals surface area (Å²) in [4.78, 5) is 54.4. The second-order valence-electron chi connectivity index (χ2n) is 11.6. The Labute approximate surface area is 259 Å². The fourth-order valence-electron chi connectivity index (χ4n) is 6.93. The van der Waals surface area contributed by atoms with E-state index in [0.29, 0.717) is 24.1 Å². The average molecular weight is 602 g/mol. The molecule has 3 aliphatic rings. The zero-order chi connectivity index (χ0) is 31.1. The number of rotatable bonds is 7. The van der Waals surface area contributed by atoms with E-state index in [0.717, 1.165) is 33.4 Å². The van der Waals surface area contributed by atoms with Gasteiger partial charge in [-0.3, -0.25) is 14.5 Å². The molecule has 9 nitrogen and oxygen atoms in total. The molecule has 0 radical (unpaired) electrons. The lowest BCUT2D eigenvalue weighted by molar-refractivity contribution is -0.142. The number of aryl methyl sites for hydroxylation is 1. The molecule has 0 fully saturated rings. The van der Waals surface area contributed by atoms with Crippen LogP contribution in [0.1, 0.15) is 46.2 Å². The van der Waals surface area contributed by atoms with Crippen molar-refractivity contribution < 1.29 is 29.0 Å². The van der Waals surface area contributed by atoms with E-state index in [1.807, 2.05) is 54.6 Å². The first-order chi connectivity index (χ1) is 21.9. The van der Waals surface area contributed by atoms with Gasteiger partial charge in [0.2, 0.25) is 11.8 Å².